The average molecular weight is 213 g/mol. The Labute approximate surface area is 87.0 Å². The number of aliphatic hydroxyl groups is 2. The van der Waals surface area contributed by atoms with E-state index in [0.29, 0.717) is 18.1 Å². The monoisotopic (exact) mass is 213 g/mol. The minimum Gasteiger partial charge on any atom is -0.394 e. The second-order valence-electron chi connectivity index (χ2n) is 3.14. The summed E-state index contributed by atoms with van der Waals surface area (Å²) >= 11 is 0. The lowest BCUT2D eigenvalue weighted by atomic mass is 10.3. The number of hydrogen-bond acceptors (Lipinski definition) is 5. The van der Waals surface area contributed by atoms with Gasteiger partial charge in [-0.05, 0) is 0 Å². The van der Waals surface area contributed by atoms with Gasteiger partial charge in [0.15, 0.2) is 0 Å². The van der Waals surface area contributed by atoms with Crippen molar-refractivity contribution < 1.29 is 10.2 Å². The number of nitrogens with zero attached hydrogens (tertiary/aromatic N) is 1. The molecule has 1 rings (SSSR count). The number of aryl methyl sites for hydroxylation is 1. The molecule has 1 heterocycles. The van der Waals surface area contributed by atoms with Crippen LogP contribution in [-0.2, 0) is 6.42 Å². The fraction of sp³-hybridized carbons (Fsp3) is 0.556. The Bertz CT molecular complexity index is 360. The van der Waals surface area contributed by atoms with E-state index in [1.165, 1.54) is 6.07 Å². The van der Waals surface area contributed by atoms with Crippen LogP contribution in [0.2, 0.25) is 0 Å². The first kappa shape index (κ1) is 11.7. The molecule has 0 aromatic carbocycles. The maximum absolute atomic E-state index is 11.2. The topological polar surface area (TPSA) is 98.2 Å². The fourth-order valence-corrected chi connectivity index (χ4v) is 1.11. The quantitative estimate of drug-likeness (QED) is 0.508. The normalized spacial score (nSPS) is 10.7. The third kappa shape index (κ3) is 3.34. The van der Waals surface area contributed by atoms with E-state index in [4.69, 9.17) is 10.2 Å². The van der Waals surface area contributed by atoms with Gasteiger partial charge >= 0.3 is 0 Å². The minimum absolute atomic E-state index is 0.216. The predicted octanol–water partition coefficient (Wildman–Crippen LogP) is -0.903. The molecule has 0 unspecified atom stereocenters. The molecule has 84 valence electrons. The van der Waals surface area contributed by atoms with Gasteiger partial charge in [0.2, 0.25) is 0 Å². The zero-order chi connectivity index (χ0) is 11.3. The van der Waals surface area contributed by atoms with Crippen molar-refractivity contribution in [1.29, 1.82) is 0 Å². The molecule has 0 spiro atoms. The maximum Gasteiger partial charge on any atom is 0.252 e. The Kier molecular flexibility index (Phi) is 4.26. The second-order valence-corrected chi connectivity index (χ2v) is 3.14. The van der Waals surface area contributed by atoms with Crippen molar-refractivity contribution in [3.8, 4) is 0 Å². The number of hydrogen-bond donors (Lipinski definition) is 4. The number of anilines is 1. The molecule has 0 aliphatic heterocycles. The first-order valence-corrected chi connectivity index (χ1v) is 4.78. The molecule has 0 fully saturated rings. The van der Waals surface area contributed by atoms with E-state index in [0.717, 1.165) is 0 Å². The lowest BCUT2D eigenvalue weighted by molar-refractivity contribution is 0.203. The number of nitrogens with one attached hydrogen (secondary N) is 2. The largest absolute Gasteiger partial charge is 0.394 e. The Balaban J connectivity index is 2.84. The molecule has 4 N–H and O–H groups in total. The Hall–Kier alpha value is -1.40. The molecule has 6 heteroatoms. The van der Waals surface area contributed by atoms with E-state index in [9.17, 15) is 4.79 Å². The smallest absolute Gasteiger partial charge is 0.252 e. The van der Waals surface area contributed by atoms with E-state index in [-0.39, 0.29) is 18.8 Å². The van der Waals surface area contributed by atoms with Gasteiger partial charge < -0.3 is 20.5 Å². The van der Waals surface area contributed by atoms with Gasteiger partial charge in [-0.15, -0.1) is 0 Å². The standard InChI is InChI=1S/C9H15N3O3/c1-2-7-11-8(3-9(15)12-7)10-6(4-13)5-14/h3,6,13-14H,2,4-5H2,1H3,(H2,10,11,12,15). The van der Waals surface area contributed by atoms with Crippen LogP contribution in [0, 0.1) is 0 Å². The highest BCUT2D eigenvalue weighted by Crippen LogP contribution is 2.01. The SMILES string of the molecule is CCc1nc(NC(CO)CO)cc(=O)[nH]1. The summed E-state index contributed by atoms with van der Waals surface area (Å²) < 4.78 is 0. The Morgan fingerprint density at radius 1 is 1.53 bits per heavy atom. The van der Waals surface area contributed by atoms with Crippen molar-refractivity contribution in [2.24, 2.45) is 0 Å². The summed E-state index contributed by atoms with van der Waals surface area (Å²) in [7, 11) is 0. The molecular formula is C9H15N3O3. The van der Waals surface area contributed by atoms with E-state index in [1.54, 1.807) is 0 Å². The lowest BCUT2D eigenvalue weighted by Gasteiger charge is -2.13. The van der Waals surface area contributed by atoms with Crippen LogP contribution in [0.5, 0.6) is 0 Å². The molecule has 0 saturated heterocycles. The first-order valence-electron chi connectivity index (χ1n) is 4.78. The summed E-state index contributed by atoms with van der Waals surface area (Å²) in [6.07, 6.45) is 0.619. The molecule has 15 heavy (non-hydrogen) atoms. The molecule has 0 saturated carbocycles. The average Bonchev–Trinajstić information content (AvgIpc) is 2.25. The summed E-state index contributed by atoms with van der Waals surface area (Å²) in [5.41, 5.74) is -0.251. The van der Waals surface area contributed by atoms with Gasteiger partial charge in [-0.1, -0.05) is 6.92 Å². The van der Waals surface area contributed by atoms with Crippen molar-refractivity contribution in [2.45, 2.75) is 19.4 Å². The maximum atomic E-state index is 11.2. The lowest BCUT2D eigenvalue weighted by Crippen LogP contribution is -2.29. The van der Waals surface area contributed by atoms with Crippen molar-refractivity contribution in [2.75, 3.05) is 18.5 Å². The fourth-order valence-electron chi connectivity index (χ4n) is 1.11. The zero-order valence-electron chi connectivity index (χ0n) is 8.53. The van der Waals surface area contributed by atoms with Gasteiger partial charge in [0.05, 0.1) is 19.3 Å². The molecule has 0 amide bonds. The molecule has 0 atom stereocenters. The molecule has 1 aromatic heterocycles. The van der Waals surface area contributed by atoms with Crippen LogP contribution in [0.1, 0.15) is 12.7 Å². The van der Waals surface area contributed by atoms with Crippen LogP contribution < -0.4 is 10.9 Å². The molecule has 0 aliphatic carbocycles. The third-order valence-electron chi connectivity index (χ3n) is 1.92. The number of rotatable bonds is 5. The number of H-pyrrole nitrogens is 1. The van der Waals surface area contributed by atoms with Crippen molar-refractivity contribution in [1.82, 2.24) is 9.97 Å². The zero-order valence-corrected chi connectivity index (χ0v) is 8.53. The summed E-state index contributed by atoms with van der Waals surface area (Å²) in [4.78, 5) is 17.8. The van der Waals surface area contributed by atoms with Crippen molar-refractivity contribution >= 4 is 5.82 Å². The van der Waals surface area contributed by atoms with Gasteiger partial charge in [0, 0.05) is 12.5 Å². The van der Waals surface area contributed by atoms with Gasteiger partial charge in [0.1, 0.15) is 11.6 Å². The molecular weight excluding hydrogens is 198 g/mol. The molecule has 1 aromatic rings. The first-order chi connectivity index (χ1) is 7.19. The van der Waals surface area contributed by atoms with Gasteiger partial charge in [-0.2, -0.15) is 0 Å². The molecule has 0 bridgehead atoms. The Morgan fingerprint density at radius 3 is 2.73 bits per heavy atom. The van der Waals surface area contributed by atoms with E-state index in [2.05, 4.69) is 15.3 Å². The number of aliphatic hydroxyl groups excluding tert-OH is 2. The number of aromatic nitrogens is 2. The van der Waals surface area contributed by atoms with Crippen LogP contribution in [0.3, 0.4) is 0 Å². The van der Waals surface area contributed by atoms with Gasteiger partial charge in [-0.25, -0.2) is 4.98 Å². The van der Waals surface area contributed by atoms with Gasteiger partial charge in [0.25, 0.3) is 5.56 Å². The van der Waals surface area contributed by atoms with E-state index in [1.807, 2.05) is 6.92 Å². The van der Waals surface area contributed by atoms with E-state index < -0.39 is 6.04 Å². The second kappa shape index (κ2) is 5.47. The molecule has 6 nitrogen and oxygen atoms in total. The summed E-state index contributed by atoms with van der Waals surface area (Å²) in [6.45, 7) is 1.44. The summed E-state index contributed by atoms with van der Waals surface area (Å²) in [6, 6.07) is 0.793. The highest BCUT2D eigenvalue weighted by atomic mass is 16.3. The van der Waals surface area contributed by atoms with Crippen LogP contribution in [0.15, 0.2) is 10.9 Å². The highest BCUT2D eigenvalue weighted by Gasteiger charge is 2.07. The van der Waals surface area contributed by atoms with E-state index >= 15 is 0 Å². The molecule has 0 aliphatic rings. The van der Waals surface area contributed by atoms with Crippen LogP contribution in [-0.4, -0.2) is 39.4 Å². The van der Waals surface area contributed by atoms with Crippen molar-refractivity contribution in [3.05, 3.63) is 22.2 Å². The van der Waals surface area contributed by atoms with Crippen molar-refractivity contribution in [3.63, 3.8) is 0 Å². The van der Waals surface area contributed by atoms with Crippen LogP contribution >= 0.6 is 0 Å². The van der Waals surface area contributed by atoms with Gasteiger partial charge in [-0.3, -0.25) is 4.79 Å². The summed E-state index contributed by atoms with van der Waals surface area (Å²) in [5.74, 6) is 0.934. The minimum atomic E-state index is -0.496. The molecule has 0 radical (unpaired) electrons. The van der Waals surface area contributed by atoms with Crippen LogP contribution in [0.25, 0.3) is 0 Å². The Morgan fingerprint density at radius 2 is 2.20 bits per heavy atom. The third-order valence-corrected chi connectivity index (χ3v) is 1.92. The summed E-state index contributed by atoms with van der Waals surface area (Å²) in [5, 5.41) is 20.5. The predicted molar refractivity (Wildman–Crippen MR) is 55.8 cm³/mol. The highest BCUT2D eigenvalue weighted by molar-refractivity contribution is 5.34. The number of aromatic amines is 1. The van der Waals surface area contributed by atoms with Crippen LogP contribution in [0.4, 0.5) is 5.82 Å².